The van der Waals surface area contributed by atoms with Crippen LogP contribution in [0.1, 0.15) is 44.0 Å². The predicted molar refractivity (Wildman–Crippen MR) is 70.8 cm³/mol. The third-order valence-electron chi connectivity index (χ3n) is 3.14. The molecule has 90 valence electrons. The number of hydrogen-bond donors (Lipinski definition) is 1. The van der Waals surface area contributed by atoms with E-state index >= 15 is 0 Å². The molecule has 0 atom stereocenters. The molecule has 2 aromatic heterocycles. The largest absolute Gasteiger partial charge is 0.310 e. The fourth-order valence-electron chi connectivity index (χ4n) is 2.19. The van der Waals surface area contributed by atoms with E-state index < -0.39 is 0 Å². The van der Waals surface area contributed by atoms with E-state index in [2.05, 4.69) is 29.2 Å². The smallest absolute Gasteiger partial charge is 0.259 e. The highest BCUT2D eigenvalue weighted by Gasteiger charge is 2.27. The summed E-state index contributed by atoms with van der Waals surface area (Å²) in [6, 6.07) is 0. The van der Waals surface area contributed by atoms with Gasteiger partial charge in [-0.3, -0.25) is 4.79 Å². The summed E-state index contributed by atoms with van der Waals surface area (Å²) in [5.74, 6) is 1.95. The summed E-state index contributed by atoms with van der Waals surface area (Å²) in [5.41, 5.74) is 1.27. The van der Waals surface area contributed by atoms with Crippen LogP contribution < -0.4 is 5.56 Å². The summed E-state index contributed by atoms with van der Waals surface area (Å²) < 4.78 is 0. The van der Waals surface area contributed by atoms with Crippen molar-refractivity contribution >= 4 is 21.6 Å². The normalized spacial score (nSPS) is 15.9. The van der Waals surface area contributed by atoms with E-state index in [0.29, 0.717) is 11.8 Å². The third-order valence-corrected chi connectivity index (χ3v) is 4.03. The Hall–Kier alpha value is -1.16. The maximum atomic E-state index is 12.1. The van der Waals surface area contributed by atoms with Crippen molar-refractivity contribution in [3.8, 4) is 0 Å². The van der Waals surface area contributed by atoms with Gasteiger partial charge in [0.1, 0.15) is 10.7 Å². The molecule has 1 fully saturated rings. The number of hydrogen-bond acceptors (Lipinski definition) is 3. The third kappa shape index (κ3) is 2.02. The molecule has 1 saturated carbocycles. The van der Waals surface area contributed by atoms with Gasteiger partial charge >= 0.3 is 0 Å². The van der Waals surface area contributed by atoms with Gasteiger partial charge in [-0.15, -0.1) is 11.3 Å². The van der Waals surface area contributed by atoms with Crippen LogP contribution in [0.5, 0.6) is 0 Å². The summed E-state index contributed by atoms with van der Waals surface area (Å²) in [7, 11) is 0. The molecule has 1 aliphatic rings. The number of fused-ring (bicyclic) bond motifs is 1. The van der Waals surface area contributed by atoms with Crippen LogP contribution in [0.2, 0.25) is 0 Å². The second kappa shape index (κ2) is 3.95. The second-order valence-electron chi connectivity index (χ2n) is 5.26. The molecule has 2 heterocycles. The van der Waals surface area contributed by atoms with Crippen molar-refractivity contribution in [2.45, 2.75) is 39.0 Å². The van der Waals surface area contributed by atoms with Gasteiger partial charge in [0.05, 0.1) is 5.39 Å². The molecule has 0 bridgehead atoms. The minimum Gasteiger partial charge on any atom is -0.310 e. The van der Waals surface area contributed by atoms with Gasteiger partial charge in [-0.1, -0.05) is 13.8 Å². The maximum absolute atomic E-state index is 12.1. The Bertz CT molecular complexity index is 607. The number of thiophene rings is 1. The highest BCUT2D eigenvalue weighted by Crippen LogP contribution is 2.43. The standard InChI is InChI=1S/C13H16N2OS/c1-7(2)5-10-14-12(16)11-9(8-3-4-8)6-17-13(11)15-10/h6-8H,3-5H2,1-2H3,(H,14,15,16). The summed E-state index contributed by atoms with van der Waals surface area (Å²) in [4.78, 5) is 20.5. The lowest BCUT2D eigenvalue weighted by atomic mass is 10.1. The molecule has 0 amide bonds. The lowest BCUT2D eigenvalue weighted by Gasteiger charge is -2.03. The van der Waals surface area contributed by atoms with E-state index in [1.165, 1.54) is 18.4 Å². The van der Waals surface area contributed by atoms with Crippen LogP contribution in [-0.2, 0) is 6.42 Å². The minimum absolute atomic E-state index is 0.0498. The van der Waals surface area contributed by atoms with E-state index in [9.17, 15) is 4.79 Å². The topological polar surface area (TPSA) is 45.8 Å². The molecule has 1 aliphatic carbocycles. The molecule has 1 N–H and O–H groups in total. The molecule has 3 rings (SSSR count). The molecule has 0 aromatic carbocycles. The van der Waals surface area contributed by atoms with Crippen LogP contribution in [0.3, 0.4) is 0 Å². The average Bonchev–Trinajstić information content (AvgIpc) is 2.98. The fraction of sp³-hybridized carbons (Fsp3) is 0.538. The van der Waals surface area contributed by atoms with E-state index in [1.54, 1.807) is 11.3 Å². The van der Waals surface area contributed by atoms with Crippen molar-refractivity contribution in [1.82, 2.24) is 9.97 Å². The van der Waals surface area contributed by atoms with Crippen molar-refractivity contribution in [1.29, 1.82) is 0 Å². The van der Waals surface area contributed by atoms with Gasteiger partial charge in [0, 0.05) is 6.42 Å². The molecule has 0 saturated heterocycles. The van der Waals surface area contributed by atoms with Crippen LogP contribution in [-0.4, -0.2) is 9.97 Å². The van der Waals surface area contributed by atoms with Gasteiger partial charge in [-0.2, -0.15) is 0 Å². The Morgan fingerprint density at radius 3 is 2.94 bits per heavy atom. The zero-order valence-electron chi connectivity index (χ0n) is 10.1. The van der Waals surface area contributed by atoms with Gasteiger partial charge in [-0.25, -0.2) is 4.98 Å². The number of nitrogens with zero attached hydrogens (tertiary/aromatic N) is 1. The number of aromatic amines is 1. The first-order valence-corrected chi connectivity index (χ1v) is 7.03. The first-order chi connectivity index (χ1) is 8.15. The van der Waals surface area contributed by atoms with Crippen LogP contribution in [0.15, 0.2) is 10.2 Å². The van der Waals surface area contributed by atoms with Gasteiger partial charge < -0.3 is 4.98 Å². The average molecular weight is 248 g/mol. The van der Waals surface area contributed by atoms with Crippen LogP contribution in [0, 0.1) is 5.92 Å². The molecule has 3 nitrogen and oxygen atoms in total. The Labute approximate surface area is 104 Å². The number of H-pyrrole nitrogens is 1. The van der Waals surface area contributed by atoms with E-state index in [-0.39, 0.29) is 5.56 Å². The van der Waals surface area contributed by atoms with Crippen molar-refractivity contribution in [2.75, 3.05) is 0 Å². The Balaban J connectivity index is 2.12. The quantitative estimate of drug-likeness (QED) is 0.907. The van der Waals surface area contributed by atoms with Gasteiger partial charge in [-0.05, 0) is 35.6 Å². The van der Waals surface area contributed by atoms with Crippen molar-refractivity contribution in [3.63, 3.8) is 0 Å². The van der Waals surface area contributed by atoms with Crippen molar-refractivity contribution < 1.29 is 0 Å². The molecule has 17 heavy (non-hydrogen) atoms. The van der Waals surface area contributed by atoms with Crippen molar-refractivity contribution in [2.24, 2.45) is 5.92 Å². The monoisotopic (exact) mass is 248 g/mol. The summed E-state index contributed by atoms with van der Waals surface area (Å²) in [6.07, 6.45) is 3.28. The van der Waals surface area contributed by atoms with E-state index in [4.69, 9.17) is 0 Å². The first kappa shape index (κ1) is 11.0. The Kier molecular flexibility index (Phi) is 2.54. The highest BCUT2D eigenvalue weighted by molar-refractivity contribution is 7.16. The second-order valence-corrected chi connectivity index (χ2v) is 6.11. The molecule has 2 aromatic rings. The molecule has 0 radical (unpaired) electrons. The predicted octanol–water partition coefficient (Wildman–Crippen LogP) is 3.06. The summed E-state index contributed by atoms with van der Waals surface area (Å²) >= 11 is 1.61. The van der Waals surface area contributed by atoms with Crippen molar-refractivity contribution in [3.05, 3.63) is 27.1 Å². The van der Waals surface area contributed by atoms with Crippen LogP contribution >= 0.6 is 11.3 Å². The molecular formula is C13H16N2OS. The summed E-state index contributed by atoms with van der Waals surface area (Å²) in [6.45, 7) is 4.27. The summed E-state index contributed by atoms with van der Waals surface area (Å²) in [5, 5.41) is 2.95. The lowest BCUT2D eigenvalue weighted by Crippen LogP contribution is -2.13. The van der Waals surface area contributed by atoms with Crippen LogP contribution in [0.25, 0.3) is 10.2 Å². The molecule has 0 unspecified atom stereocenters. The van der Waals surface area contributed by atoms with E-state index in [0.717, 1.165) is 22.5 Å². The lowest BCUT2D eigenvalue weighted by molar-refractivity contribution is 0.621. The Morgan fingerprint density at radius 1 is 1.53 bits per heavy atom. The fourth-order valence-corrected chi connectivity index (χ4v) is 3.23. The van der Waals surface area contributed by atoms with Crippen LogP contribution in [0.4, 0.5) is 0 Å². The first-order valence-electron chi connectivity index (χ1n) is 6.15. The minimum atomic E-state index is 0.0498. The zero-order valence-corrected chi connectivity index (χ0v) is 10.9. The molecule has 0 aliphatic heterocycles. The zero-order chi connectivity index (χ0) is 12.0. The van der Waals surface area contributed by atoms with E-state index in [1.807, 2.05) is 0 Å². The number of nitrogens with one attached hydrogen (secondary N) is 1. The molecule has 0 spiro atoms. The maximum Gasteiger partial charge on any atom is 0.259 e. The number of rotatable bonds is 3. The number of aromatic nitrogens is 2. The molecule has 4 heteroatoms. The Morgan fingerprint density at radius 2 is 2.29 bits per heavy atom. The van der Waals surface area contributed by atoms with Gasteiger partial charge in [0.25, 0.3) is 5.56 Å². The SMILES string of the molecule is CC(C)Cc1nc2scc(C3CC3)c2c(=O)[nH]1. The molecular weight excluding hydrogens is 232 g/mol. The highest BCUT2D eigenvalue weighted by atomic mass is 32.1. The van der Waals surface area contributed by atoms with Gasteiger partial charge in [0.15, 0.2) is 0 Å². The van der Waals surface area contributed by atoms with Gasteiger partial charge in [0.2, 0.25) is 0 Å².